The van der Waals surface area contributed by atoms with Crippen LogP contribution in [0.3, 0.4) is 0 Å². The standard InChI is InChI=1S/C39H40F3N3O5/c40-39(41,42)38(48)50-35-14-12-27(13-15-35)18-19-45(36(46)17-16-34-11-4-20-49-34)26-30-7-2-8-31(22-30)32-9-3-10-33(23-32)37(47)44-25-29-6-1-5-28(21-29)24-43/h2-4,7-17,20,22-23,28-29H,1,5-6,18-19,21,24-26,43H2,(H,44,47)/b17-16+. The van der Waals surface area contributed by atoms with Crippen molar-refractivity contribution in [1.29, 1.82) is 0 Å². The first-order valence-corrected chi connectivity index (χ1v) is 16.6. The highest BCUT2D eigenvalue weighted by molar-refractivity contribution is 5.95. The van der Waals surface area contributed by atoms with E-state index in [4.69, 9.17) is 10.2 Å². The molecule has 1 aliphatic carbocycles. The number of nitrogens with two attached hydrogens (primary N) is 1. The van der Waals surface area contributed by atoms with Gasteiger partial charge in [-0.25, -0.2) is 4.79 Å². The Morgan fingerprint density at radius 3 is 2.38 bits per heavy atom. The number of nitrogens with zero attached hydrogens (tertiary/aromatic N) is 1. The van der Waals surface area contributed by atoms with Crippen molar-refractivity contribution in [2.24, 2.45) is 17.6 Å². The first-order valence-electron chi connectivity index (χ1n) is 16.6. The van der Waals surface area contributed by atoms with Gasteiger partial charge in [0.05, 0.1) is 6.26 Å². The van der Waals surface area contributed by atoms with Crippen LogP contribution in [0.5, 0.6) is 5.75 Å². The number of esters is 1. The van der Waals surface area contributed by atoms with Gasteiger partial charge in [-0.05, 0) is 115 Å². The monoisotopic (exact) mass is 687 g/mol. The molecule has 1 aromatic heterocycles. The highest BCUT2D eigenvalue weighted by Crippen LogP contribution is 2.28. The molecule has 0 bridgehead atoms. The second-order valence-electron chi connectivity index (χ2n) is 12.5. The lowest BCUT2D eigenvalue weighted by molar-refractivity contribution is -0.189. The van der Waals surface area contributed by atoms with Gasteiger partial charge in [-0.2, -0.15) is 13.2 Å². The topological polar surface area (TPSA) is 115 Å². The van der Waals surface area contributed by atoms with Crippen LogP contribution in [0, 0.1) is 11.8 Å². The van der Waals surface area contributed by atoms with E-state index < -0.39 is 12.1 Å². The molecule has 2 unspecified atom stereocenters. The number of benzene rings is 3. The van der Waals surface area contributed by atoms with Crippen molar-refractivity contribution in [1.82, 2.24) is 10.2 Å². The second kappa shape index (κ2) is 17.0. The van der Waals surface area contributed by atoms with Crippen molar-refractivity contribution in [2.45, 2.75) is 44.8 Å². The molecule has 2 amide bonds. The average Bonchev–Trinajstić information content (AvgIpc) is 3.66. The molecular formula is C39H40F3N3O5. The van der Waals surface area contributed by atoms with Gasteiger partial charge in [0.2, 0.25) is 5.91 Å². The second-order valence-corrected chi connectivity index (χ2v) is 12.5. The number of nitrogens with one attached hydrogen (secondary N) is 1. The van der Waals surface area contributed by atoms with Crippen molar-refractivity contribution in [3.8, 4) is 16.9 Å². The lowest BCUT2D eigenvalue weighted by atomic mass is 9.81. The van der Waals surface area contributed by atoms with Crippen LogP contribution in [0.15, 0.2) is 102 Å². The zero-order valence-corrected chi connectivity index (χ0v) is 27.5. The van der Waals surface area contributed by atoms with E-state index in [0.29, 0.717) is 42.7 Å². The van der Waals surface area contributed by atoms with Crippen LogP contribution in [-0.2, 0) is 22.6 Å². The molecule has 1 heterocycles. The summed E-state index contributed by atoms with van der Waals surface area (Å²) in [6.07, 6.45) is 4.23. The van der Waals surface area contributed by atoms with E-state index in [1.165, 1.54) is 24.5 Å². The normalized spacial score (nSPS) is 16.2. The minimum Gasteiger partial charge on any atom is -0.465 e. The van der Waals surface area contributed by atoms with Crippen molar-refractivity contribution in [2.75, 3.05) is 19.6 Å². The summed E-state index contributed by atoms with van der Waals surface area (Å²) in [5.41, 5.74) is 9.79. The molecule has 262 valence electrons. The molecule has 3 N–H and O–H groups in total. The minimum atomic E-state index is -5.10. The van der Waals surface area contributed by atoms with Crippen LogP contribution in [0.25, 0.3) is 17.2 Å². The summed E-state index contributed by atoms with van der Waals surface area (Å²) in [6, 6.07) is 24.3. The van der Waals surface area contributed by atoms with E-state index in [1.54, 1.807) is 41.3 Å². The van der Waals surface area contributed by atoms with E-state index in [2.05, 4.69) is 10.1 Å². The predicted octanol–water partition coefficient (Wildman–Crippen LogP) is 7.19. The largest absolute Gasteiger partial charge is 0.491 e. The maximum absolute atomic E-state index is 13.4. The lowest BCUT2D eigenvalue weighted by Gasteiger charge is -2.28. The van der Waals surface area contributed by atoms with Gasteiger partial charge in [-0.3, -0.25) is 9.59 Å². The van der Waals surface area contributed by atoms with Gasteiger partial charge < -0.3 is 25.1 Å². The van der Waals surface area contributed by atoms with Gasteiger partial charge in [0, 0.05) is 31.3 Å². The fraction of sp³-hybridized carbons (Fsp3) is 0.308. The molecule has 1 aliphatic rings. The number of amides is 2. The van der Waals surface area contributed by atoms with Crippen LogP contribution in [0.1, 0.15) is 52.9 Å². The summed E-state index contributed by atoms with van der Waals surface area (Å²) >= 11 is 0. The van der Waals surface area contributed by atoms with Gasteiger partial charge in [0.1, 0.15) is 11.5 Å². The molecule has 0 saturated heterocycles. The van der Waals surface area contributed by atoms with Crippen molar-refractivity contribution in [3.63, 3.8) is 0 Å². The summed E-state index contributed by atoms with van der Waals surface area (Å²) < 4.78 is 47.4. The first kappa shape index (κ1) is 36.1. The summed E-state index contributed by atoms with van der Waals surface area (Å²) in [5, 5.41) is 3.10. The Morgan fingerprint density at radius 2 is 1.66 bits per heavy atom. The third kappa shape index (κ3) is 10.4. The molecule has 5 rings (SSSR count). The van der Waals surface area contributed by atoms with Gasteiger partial charge in [-0.15, -0.1) is 0 Å². The van der Waals surface area contributed by atoms with Crippen LogP contribution >= 0.6 is 0 Å². The summed E-state index contributed by atoms with van der Waals surface area (Å²) in [4.78, 5) is 39.3. The molecule has 3 aromatic carbocycles. The highest BCUT2D eigenvalue weighted by Gasteiger charge is 2.41. The van der Waals surface area contributed by atoms with Crippen molar-refractivity contribution < 1.29 is 36.7 Å². The molecule has 1 fully saturated rings. The van der Waals surface area contributed by atoms with E-state index in [9.17, 15) is 27.6 Å². The molecule has 0 aliphatic heterocycles. The number of alkyl halides is 3. The molecule has 2 atom stereocenters. The Morgan fingerprint density at radius 1 is 0.920 bits per heavy atom. The quantitative estimate of drug-likeness (QED) is 0.0874. The number of halogens is 3. The highest BCUT2D eigenvalue weighted by atomic mass is 19.4. The maximum Gasteiger partial charge on any atom is 0.491 e. The van der Waals surface area contributed by atoms with Gasteiger partial charge in [-0.1, -0.05) is 48.9 Å². The summed E-state index contributed by atoms with van der Waals surface area (Å²) in [6.45, 7) is 1.87. The number of carbonyl (C=O) groups excluding carboxylic acids is 3. The SMILES string of the molecule is NCC1CCCC(CNC(=O)c2cccc(-c3cccc(CN(CCc4ccc(OC(=O)C(F)(F)F)cc4)C(=O)/C=C/c4ccco4)c3)c2)C1. The fourth-order valence-corrected chi connectivity index (χ4v) is 6.12. The van der Waals surface area contributed by atoms with E-state index >= 15 is 0 Å². The Labute approximate surface area is 289 Å². The van der Waals surface area contributed by atoms with Crippen molar-refractivity contribution >= 4 is 23.9 Å². The molecular weight excluding hydrogens is 647 g/mol. The number of ether oxygens (including phenoxy) is 1. The zero-order chi connectivity index (χ0) is 35.5. The Kier molecular flexibility index (Phi) is 12.3. The Bertz CT molecular complexity index is 1770. The zero-order valence-electron chi connectivity index (χ0n) is 27.5. The molecule has 4 aromatic rings. The Hall–Kier alpha value is -5.16. The molecule has 11 heteroatoms. The van der Waals surface area contributed by atoms with Gasteiger partial charge >= 0.3 is 12.1 Å². The lowest BCUT2D eigenvalue weighted by Crippen LogP contribution is -2.33. The fourth-order valence-electron chi connectivity index (χ4n) is 6.12. The van der Waals surface area contributed by atoms with Crippen LogP contribution < -0.4 is 15.8 Å². The van der Waals surface area contributed by atoms with Gasteiger partial charge in [0.15, 0.2) is 0 Å². The smallest absolute Gasteiger partial charge is 0.465 e. The number of rotatable bonds is 13. The van der Waals surface area contributed by atoms with E-state index in [-0.39, 0.29) is 30.7 Å². The number of hydrogen-bond donors (Lipinski definition) is 2. The number of furan rings is 1. The maximum atomic E-state index is 13.4. The number of hydrogen-bond acceptors (Lipinski definition) is 6. The molecule has 50 heavy (non-hydrogen) atoms. The summed E-state index contributed by atoms with van der Waals surface area (Å²) in [7, 11) is 0. The Balaban J connectivity index is 1.26. The van der Waals surface area contributed by atoms with E-state index in [1.807, 2.05) is 42.5 Å². The van der Waals surface area contributed by atoms with E-state index in [0.717, 1.165) is 47.9 Å². The minimum absolute atomic E-state index is 0.121. The van der Waals surface area contributed by atoms with Crippen molar-refractivity contribution in [3.05, 3.63) is 120 Å². The summed E-state index contributed by atoms with van der Waals surface area (Å²) in [5.74, 6) is -1.43. The van der Waals surface area contributed by atoms with Crippen LogP contribution in [0.4, 0.5) is 13.2 Å². The third-order valence-electron chi connectivity index (χ3n) is 8.82. The molecule has 0 radical (unpaired) electrons. The average molecular weight is 688 g/mol. The molecule has 8 nitrogen and oxygen atoms in total. The van der Waals surface area contributed by atoms with Crippen LogP contribution in [-0.4, -0.2) is 48.5 Å². The van der Waals surface area contributed by atoms with Gasteiger partial charge in [0.25, 0.3) is 5.91 Å². The predicted molar refractivity (Wildman–Crippen MR) is 184 cm³/mol. The molecule has 0 spiro atoms. The third-order valence-corrected chi connectivity index (χ3v) is 8.82. The van der Waals surface area contributed by atoms with Crippen LogP contribution in [0.2, 0.25) is 0 Å². The first-order chi connectivity index (χ1) is 24.1. The number of carbonyl (C=O) groups is 3. The molecule has 1 saturated carbocycles.